The van der Waals surface area contributed by atoms with Gasteiger partial charge < -0.3 is 16.0 Å². The molecule has 2 aromatic rings. The van der Waals surface area contributed by atoms with E-state index in [1.165, 1.54) is 11.1 Å². The first-order valence-electron chi connectivity index (χ1n) is 8.95. The number of nitrogens with zero attached hydrogens (tertiary/aromatic N) is 3. The number of guanidine groups is 1. The van der Waals surface area contributed by atoms with Gasteiger partial charge in [-0.15, -0.1) is 0 Å². The molecule has 1 unspecified atom stereocenters. The molecule has 0 amide bonds. The largest absolute Gasteiger partial charge is 0.433 e. The predicted molar refractivity (Wildman–Crippen MR) is 104 cm³/mol. The Morgan fingerprint density at radius 2 is 1.96 bits per heavy atom. The van der Waals surface area contributed by atoms with Crippen LogP contribution in [0.4, 0.5) is 19.1 Å². The van der Waals surface area contributed by atoms with E-state index in [9.17, 15) is 13.2 Å². The number of alkyl halides is 3. The Bertz CT molecular complexity index is 791. The normalized spacial score (nSPS) is 13.1. The first-order valence-corrected chi connectivity index (χ1v) is 8.95. The topological polar surface area (TPSA) is 74.2 Å². The number of benzene rings is 1. The minimum Gasteiger partial charge on any atom is -0.356 e. The number of aromatic nitrogens is 2. The summed E-state index contributed by atoms with van der Waals surface area (Å²) in [4.78, 5) is 11.4. The maximum atomic E-state index is 12.6. The number of anilines is 1. The molecule has 6 nitrogen and oxygen atoms in total. The van der Waals surface area contributed by atoms with Crippen LogP contribution >= 0.6 is 0 Å². The Labute approximate surface area is 162 Å². The molecule has 0 saturated carbocycles. The highest BCUT2D eigenvalue weighted by atomic mass is 19.4. The lowest BCUT2D eigenvalue weighted by Crippen LogP contribution is -2.41. The van der Waals surface area contributed by atoms with Crippen molar-refractivity contribution in [1.82, 2.24) is 20.6 Å². The van der Waals surface area contributed by atoms with Crippen LogP contribution in [0.15, 0.2) is 41.5 Å². The van der Waals surface area contributed by atoms with Gasteiger partial charge in [-0.1, -0.05) is 36.8 Å². The highest BCUT2D eigenvalue weighted by Gasteiger charge is 2.32. The second-order valence-corrected chi connectivity index (χ2v) is 6.39. The summed E-state index contributed by atoms with van der Waals surface area (Å²) in [6, 6.07) is 9.18. The van der Waals surface area contributed by atoms with Crippen LogP contribution in [0.2, 0.25) is 0 Å². The molecule has 0 aliphatic carbocycles. The summed E-state index contributed by atoms with van der Waals surface area (Å²) in [5.41, 5.74) is 1.49. The number of rotatable bonds is 7. The molecule has 0 aliphatic rings. The molecule has 152 valence electrons. The second-order valence-electron chi connectivity index (χ2n) is 6.39. The Kier molecular flexibility index (Phi) is 7.60. The third kappa shape index (κ3) is 6.71. The van der Waals surface area contributed by atoms with Gasteiger partial charge in [-0.3, -0.25) is 4.99 Å². The monoisotopic (exact) mass is 394 g/mol. The summed E-state index contributed by atoms with van der Waals surface area (Å²) in [7, 11) is 1.66. The van der Waals surface area contributed by atoms with Crippen molar-refractivity contribution in [3.63, 3.8) is 0 Å². The molecule has 1 aromatic carbocycles. The average Bonchev–Trinajstić information content (AvgIpc) is 2.66. The quantitative estimate of drug-likeness (QED) is 0.382. The van der Waals surface area contributed by atoms with E-state index >= 15 is 0 Å². The van der Waals surface area contributed by atoms with Gasteiger partial charge in [0.05, 0.1) is 0 Å². The Balaban J connectivity index is 1.75. The lowest BCUT2D eigenvalue weighted by Gasteiger charge is -2.17. The number of aryl methyl sites for hydroxylation is 1. The molecule has 0 saturated heterocycles. The minimum atomic E-state index is -4.49. The number of aliphatic imine (C=N–C) groups is 1. The van der Waals surface area contributed by atoms with Crippen molar-refractivity contribution >= 4 is 11.9 Å². The standard InChI is InChI=1S/C19H25F3N6/c1-13-5-4-6-15(11-13)14(2)12-27-17(23-3)25-9-10-26-18-24-8-7-16(28-18)19(20,21)22/h4-8,11,14H,9-10,12H2,1-3H3,(H2,23,25,27)(H,24,26,28). The van der Waals surface area contributed by atoms with Crippen LogP contribution in [-0.4, -0.2) is 42.6 Å². The van der Waals surface area contributed by atoms with Crippen molar-refractivity contribution in [3.05, 3.63) is 53.3 Å². The van der Waals surface area contributed by atoms with Crippen LogP contribution in [0.3, 0.4) is 0 Å². The zero-order chi connectivity index (χ0) is 20.6. The summed E-state index contributed by atoms with van der Waals surface area (Å²) in [6.45, 7) is 5.67. The highest BCUT2D eigenvalue weighted by Crippen LogP contribution is 2.27. The van der Waals surface area contributed by atoms with Gasteiger partial charge in [-0.05, 0) is 24.5 Å². The van der Waals surface area contributed by atoms with Gasteiger partial charge >= 0.3 is 6.18 Å². The predicted octanol–water partition coefficient (Wildman–Crippen LogP) is 3.18. The Hall–Kier alpha value is -2.84. The van der Waals surface area contributed by atoms with Crippen LogP contribution in [0.5, 0.6) is 0 Å². The molecule has 0 spiro atoms. The summed E-state index contributed by atoms with van der Waals surface area (Å²) in [5, 5.41) is 9.11. The van der Waals surface area contributed by atoms with E-state index in [1.807, 2.05) is 6.07 Å². The zero-order valence-electron chi connectivity index (χ0n) is 16.1. The fourth-order valence-corrected chi connectivity index (χ4v) is 2.52. The Morgan fingerprint density at radius 1 is 1.18 bits per heavy atom. The smallest absolute Gasteiger partial charge is 0.356 e. The molecule has 28 heavy (non-hydrogen) atoms. The molecule has 0 aliphatic heterocycles. The van der Waals surface area contributed by atoms with E-state index in [1.54, 1.807) is 7.05 Å². The van der Waals surface area contributed by atoms with Gasteiger partial charge in [-0.2, -0.15) is 13.2 Å². The van der Waals surface area contributed by atoms with Crippen LogP contribution in [0.1, 0.15) is 29.7 Å². The zero-order valence-corrected chi connectivity index (χ0v) is 16.1. The van der Waals surface area contributed by atoms with Crippen LogP contribution in [0, 0.1) is 6.92 Å². The fraction of sp³-hybridized carbons (Fsp3) is 0.421. The van der Waals surface area contributed by atoms with Gasteiger partial charge in [-0.25, -0.2) is 9.97 Å². The number of hydrogen-bond acceptors (Lipinski definition) is 4. The van der Waals surface area contributed by atoms with Gasteiger partial charge in [0, 0.05) is 32.9 Å². The van der Waals surface area contributed by atoms with Crippen molar-refractivity contribution in [1.29, 1.82) is 0 Å². The minimum absolute atomic E-state index is 0.0624. The number of halogens is 3. The number of hydrogen-bond donors (Lipinski definition) is 3. The van der Waals surface area contributed by atoms with Gasteiger partial charge in [0.15, 0.2) is 5.96 Å². The van der Waals surface area contributed by atoms with Crippen molar-refractivity contribution in [2.45, 2.75) is 25.9 Å². The maximum absolute atomic E-state index is 12.6. The summed E-state index contributed by atoms with van der Waals surface area (Å²) in [5.74, 6) is 0.856. The van der Waals surface area contributed by atoms with Crippen molar-refractivity contribution in [2.75, 3.05) is 32.0 Å². The van der Waals surface area contributed by atoms with E-state index in [0.717, 1.165) is 12.3 Å². The van der Waals surface area contributed by atoms with Crippen molar-refractivity contribution in [2.24, 2.45) is 4.99 Å². The summed E-state index contributed by atoms with van der Waals surface area (Å²) >= 11 is 0. The highest BCUT2D eigenvalue weighted by molar-refractivity contribution is 5.79. The van der Waals surface area contributed by atoms with Crippen LogP contribution in [0.25, 0.3) is 0 Å². The molecular formula is C19H25F3N6. The lowest BCUT2D eigenvalue weighted by atomic mass is 9.99. The average molecular weight is 394 g/mol. The van der Waals surface area contributed by atoms with Crippen molar-refractivity contribution in [3.8, 4) is 0 Å². The molecule has 0 radical (unpaired) electrons. The van der Waals surface area contributed by atoms with Gasteiger partial charge in [0.25, 0.3) is 0 Å². The lowest BCUT2D eigenvalue weighted by molar-refractivity contribution is -0.141. The van der Waals surface area contributed by atoms with Crippen LogP contribution < -0.4 is 16.0 Å². The molecule has 3 N–H and O–H groups in total. The fourth-order valence-electron chi connectivity index (χ4n) is 2.52. The molecule has 9 heteroatoms. The molecule has 0 fully saturated rings. The summed E-state index contributed by atoms with van der Waals surface area (Å²) in [6.07, 6.45) is -3.41. The van der Waals surface area contributed by atoms with E-state index < -0.39 is 11.9 Å². The molecule has 1 heterocycles. The molecular weight excluding hydrogens is 369 g/mol. The molecule has 1 atom stereocenters. The van der Waals surface area contributed by atoms with Gasteiger partial charge in [0.1, 0.15) is 5.69 Å². The Morgan fingerprint density at radius 3 is 2.64 bits per heavy atom. The SMILES string of the molecule is CN=C(NCCNc1nccc(C(F)(F)F)n1)NCC(C)c1cccc(C)c1. The maximum Gasteiger partial charge on any atom is 0.433 e. The molecule has 0 bridgehead atoms. The second kappa shape index (κ2) is 9.91. The first-order chi connectivity index (χ1) is 13.3. The molecule has 1 aromatic heterocycles. The van der Waals surface area contributed by atoms with Crippen molar-refractivity contribution < 1.29 is 13.2 Å². The van der Waals surface area contributed by atoms with E-state index in [4.69, 9.17) is 0 Å². The van der Waals surface area contributed by atoms with E-state index in [2.05, 4.69) is 63.0 Å². The molecule has 2 rings (SSSR count). The summed E-state index contributed by atoms with van der Waals surface area (Å²) < 4.78 is 37.9. The van der Waals surface area contributed by atoms with Gasteiger partial charge in [0.2, 0.25) is 5.95 Å². The van der Waals surface area contributed by atoms with E-state index in [0.29, 0.717) is 31.5 Å². The third-order valence-electron chi connectivity index (χ3n) is 4.06. The van der Waals surface area contributed by atoms with E-state index in [-0.39, 0.29) is 5.95 Å². The number of nitrogens with one attached hydrogen (secondary N) is 3. The third-order valence-corrected chi connectivity index (χ3v) is 4.06. The van der Waals surface area contributed by atoms with Crippen LogP contribution in [-0.2, 0) is 6.18 Å². The first kappa shape index (κ1) is 21.5.